The third kappa shape index (κ3) is 5.24. The lowest BCUT2D eigenvalue weighted by Gasteiger charge is -2.10. The van der Waals surface area contributed by atoms with Crippen LogP contribution in [-0.2, 0) is 4.79 Å². The van der Waals surface area contributed by atoms with E-state index in [1.165, 1.54) is 25.7 Å². The van der Waals surface area contributed by atoms with Crippen LogP contribution in [-0.4, -0.2) is 17.6 Å². The molecule has 1 saturated carbocycles. The van der Waals surface area contributed by atoms with Gasteiger partial charge in [-0.3, -0.25) is 4.79 Å². The maximum absolute atomic E-state index is 12.1. The predicted octanol–water partition coefficient (Wildman–Crippen LogP) is 3.25. The molecule has 2 rings (SSSR count). The fraction of sp³-hybridized carbons (Fsp3) is 0.500. The highest BCUT2D eigenvalue weighted by Gasteiger charge is 2.18. The van der Waals surface area contributed by atoms with Crippen LogP contribution in [0.1, 0.15) is 49.7 Å². The van der Waals surface area contributed by atoms with E-state index >= 15 is 0 Å². The van der Waals surface area contributed by atoms with Crippen molar-refractivity contribution in [1.29, 1.82) is 0 Å². The molecule has 1 aliphatic carbocycles. The summed E-state index contributed by atoms with van der Waals surface area (Å²) >= 11 is 0. The van der Waals surface area contributed by atoms with Gasteiger partial charge in [0.15, 0.2) is 0 Å². The quantitative estimate of drug-likeness (QED) is 0.834. The van der Waals surface area contributed by atoms with Crippen LogP contribution in [0.3, 0.4) is 0 Å². The second-order valence-electron chi connectivity index (χ2n) is 5.77. The first kappa shape index (κ1) is 15.6. The zero-order chi connectivity index (χ0) is 15.1. The molecular weight excluding hydrogens is 262 g/mol. The van der Waals surface area contributed by atoms with Crippen LogP contribution in [0, 0.1) is 24.7 Å². The van der Waals surface area contributed by atoms with Crippen molar-refractivity contribution in [1.82, 2.24) is 0 Å². The maximum atomic E-state index is 12.1. The zero-order valence-electron chi connectivity index (χ0n) is 12.6. The summed E-state index contributed by atoms with van der Waals surface area (Å²) in [6, 6.07) is 5.84. The van der Waals surface area contributed by atoms with Crippen molar-refractivity contribution >= 4 is 11.6 Å². The number of amides is 1. The van der Waals surface area contributed by atoms with Crippen molar-refractivity contribution in [2.45, 2.75) is 45.4 Å². The van der Waals surface area contributed by atoms with Gasteiger partial charge in [-0.1, -0.05) is 24.7 Å². The van der Waals surface area contributed by atoms with Crippen molar-refractivity contribution in [2.24, 2.45) is 5.92 Å². The molecule has 21 heavy (non-hydrogen) atoms. The minimum absolute atomic E-state index is 0.0732. The molecule has 0 aromatic heterocycles. The SMILES string of the molecule is Cc1cc(C#CCCO)cc(NC(=O)CC2CCCC2)c1. The van der Waals surface area contributed by atoms with Crippen LogP contribution >= 0.6 is 0 Å². The molecular formula is C18H23NO2. The number of carbonyl (C=O) groups is 1. The van der Waals surface area contributed by atoms with E-state index in [2.05, 4.69) is 17.2 Å². The summed E-state index contributed by atoms with van der Waals surface area (Å²) in [4.78, 5) is 12.1. The van der Waals surface area contributed by atoms with Gasteiger partial charge in [-0.2, -0.15) is 0 Å². The van der Waals surface area contributed by atoms with Gasteiger partial charge in [-0.25, -0.2) is 0 Å². The minimum atomic E-state index is 0.0732. The van der Waals surface area contributed by atoms with Crippen LogP contribution in [0.25, 0.3) is 0 Å². The van der Waals surface area contributed by atoms with Crippen LogP contribution in [0.2, 0.25) is 0 Å². The molecule has 1 amide bonds. The predicted molar refractivity (Wildman–Crippen MR) is 85.0 cm³/mol. The lowest BCUT2D eigenvalue weighted by Crippen LogP contribution is -2.15. The van der Waals surface area contributed by atoms with Gasteiger partial charge in [0.05, 0.1) is 6.61 Å². The van der Waals surface area contributed by atoms with Crippen molar-refractivity contribution in [3.63, 3.8) is 0 Å². The highest BCUT2D eigenvalue weighted by Crippen LogP contribution is 2.27. The lowest BCUT2D eigenvalue weighted by molar-refractivity contribution is -0.117. The molecule has 1 aliphatic rings. The van der Waals surface area contributed by atoms with E-state index in [9.17, 15) is 4.79 Å². The summed E-state index contributed by atoms with van der Waals surface area (Å²) in [5.74, 6) is 6.57. The van der Waals surface area contributed by atoms with E-state index in [-0.39, 0.29) is 12.5 Å². The Labute approximate surface area is 126 Å². The van der Waals surface area contributed by atoms with Crippen LogP contribution in [0.5, 0.6) is 0 Å². The molecule has 0 aliphatic heterocycles. The molecule has 0 heterocycles. The van der Waals surface area contributed by atoms with Gasteiger partial charge in [-0.15, -0.1) is 0 Å². The third-order valence-electron chi connectivity index (χ3n) is 3.78. The first-order valence-electron chi connectivity index (χ1n) is 7.68. The maximum Gasteiger partial charge on any atom is 0.224 e. The molecule has 1 fully saturated rings. The number of hydrogen-bond donors (Lipinski definition) is 2. The number of carbonyl (C=O) groups excluding carboxylic acids is 1. The van der Waals surface area contributed by atoms with Gasteiger partial charge in [0.1, 0.15) is 0 Å². The summed E-state index contributed by atoms with van der Waals surface area (Å²) in [5, 5.41) is 11.7. The number of aryl methyl sites for hydroxylation is 1. The first-order chi connectivity index (χ1) is 10.2. The molecule has 0 bridgehead atoms. The van der Waals surface area contributed by atoms with E-state index in [0.717, 1.165) is 16.8 Å². The summed E-state index contributed by atoms with van der Waals surface area (Å²) < 4.78 is 0. The Bertz CT molecular complexity index is 548. The molecule has 0 saturated heterocycles. The van der Waals surface area contributed by atoms with E-state index in [0.29, 0.717) is 18.8 Å². The second-order valence-corrected chi connectivity index (χ2v) is 5.77. The molecule has 2 N–H and O–H groups in total. The number of anilines is 1. The summed E-state index contributed by atoms with van der Waals surface area (Å²) in [5.41, 5.74) is 2.76. The topological polar surface area (TPSA) is 49.3 Å². The van der Waals surface area contributed by atoms with Crippen LogP contribution < -0.4 is 5.32 Å². The average Bonchev–Trinajstić information content (AvgIpc) is 2.91. The number of hydrogen-bond acceptors (Lipinski definition) is 2. The first-order valence-corrected chi connectivity index (χ1v) is 7.68. The molecule has 0 spiro atoms. The van der Waals surface area contributed by atoms with E-state index in [1.807, 2.05) is 25.1 Å². The highest BCUT2D eigenvalue weighted by atomic mass is 16.2. The minimum Gasteiger partial charge on any atom is -0.395 e. The number of aliphatic hydroxyl groups excluding tert-OH is 1. The van der Waals surface area contributed by atoms with Crippen molar-refractivity contribution in [3.8, 4) is 11.8 Å². The van der Waals surface area contributed by atoms with Gasteiger partial charge in [0.2, 0.25) is 5.91 Å². The fourth-order valence-electron chi connectivity index (χ4n) is 2.84. The van der Waals surface area contributed by atoms with Crippen molar-refractivity contribution in [3.05, 3.63) is 29.3 Å². The van der Waals surface area contributed by atoms with Crippen LogP contribution in [0.4, 0.5) is 5.69 Å². The number of nitrogens with one attached hydrogen (secondary N) is 1. The highest BCUT2D eigenvalue weighted by molar-refractivity contribution is 5.91. The zero-order valence-corrected chi connectivity index (χ0v) is 12.6. The third-order valence-corrected chi connectivity index (χ3v) is 3.78. The summed E-state index contributed by atoms with van der Waals surface area (Å²) in [6.45, 7) is 2.06. The smallest absolute Gasteiger partial charge is 0.224 e. The molecule has 3 nitrogen and oxygen atoms in total. The number of benzene rings is 1. The Morgan fingerprint density at radius 2 is 2.10 bits per heavy atom. The summed E-state index contributed by atoms with van der Waals surface area (Å²) in [6.07, 6.45) is 5.97. The Morgan fingerprint density at radius 1 is 1.33 bits per heavy atom. The molecule has 0 unspecified atom stereocenters. The average molecular weight is 285 g/mol. The molecule has 0 radical (unpaired) electrons. The van der Waals surface area contributed by atoms with Gasteiger partial charge < -0.3 is 10.4 Å². The lowest BCUT2D eigenvalue weighted by atomic mass is 10.0. The molecule has 0 atom stereocenters. The molecule has 1 aromatic rings. The molecule has 112 valence electrons. The fourth-order valence-corrected chi connectivity index (χ4v) is 2.84. The van der Waals surface area contributed by atoms with Gasteiger partial charge in [0.25, 0.3) is 0 Å². The van der Waals surface area contributed by atoms with E-state index in [1.54, 1.807) is 0 Å². The standard InChI is InChI=1S/C18H23NO2/c1-14-10-16(8-4-5-9-20)12-17(11-14)19-18(21)13-15-6-2-3-7-15/h10-12,15,20H,2-3,5-7,9,13H2,1H3,(H,19,21). The van der Waals surface area contributed by atoms with Crippen molar-refractivity contribution in [2.75, 3.05) is 11.9 Å². The van der Waals surface area contributed by atoms with E-state index < -0.39 is 0 Å². The number of rotatable bonds is 4. The molecule has 1 aromatic carbocycles. The van der Waals surface area contributed by atoms with Crippen LogP contribution in [0.15, 0.2) is 18.2 Å². The van der Waals surface area contributed by atoms with E-state index in [4.69, 9.17) is 5.11 Å². The normalized spacial score (nSPS) is 14.6. The Morgan fingerprint density at radius 3 is 2.81 bits per heavy atom. The number of aliphatic hydroxyl groups is 1. The Kier molecular flexibility index (Phi) is 5.83. The van der Waals surface area contributed by atoms with Gasteiger partial charge >= 0.3 is 0 Å². The van der Waals surface area contributed by atoms with Gasteiger partial charge in [-0.05, 0) is 49.4 Å². The van der Waals surface area contributed by atoms with Gasteiger partial charge in [0, 0.05) is 24.1 Å². The second kappa shape index (κ2) is 7.85. The Hall–Kier alpha value is -1.79. The Balaban J connectivity index is 1.98. The largest absolute Gasteiger partial charge is 0.395 e. The molecule has 3 heteroatoms. The van der Waals surface area contributed by atoms with Crippen molar-refractivity contribution < 1.29 is 9.90 Å². The monoisotopic (exact) mass is 285 g/mol. The summed E-state index contributed by atoms with van der Waals surface area (Å²) in [7, 11) is 0.